The van der Waals surface area contributed by atoms with Crippen LogP contribution in [0.2, 0.25) is 0 Å². The molecule has 0 saturated heterocycles. The lowest BCUT2D eigenvalue weighted by atomic mass is 10.0. The van der Waals surface area contributed by atoms with E-state index < -0.39 is 0 Å². The Bertz CT molecular complexity index is 369. The number of allylic oxidation sites excluding steroid dienone is 1. The van der Waals surface area contributed by atoms with Crippen LogP contribution in [0.4, 0.5) is 0 Å². The lowest BCUT2D eigenvalue weighted by molar-refractivity contribution is 0.310. The summed E-state index contributed by atoms with van der Waals surface area (Å²) < 4.78 is 10.8. The summed E-state index contributed by atoms with van der Waals surface area (Å²) in [6, 6.07) is 5.84. The second-order valence-corrected chi connectivity index (χ2v) is 3.82. The van der Waals surface area contributed by atoms with Crippen molar-refractivity contribution in [1.82, 2.24) is 0 Å². The summed E-state index contributed by atoms with van der Waals surface area (Å²) in [6.07, 6.45) is 3.69. The van der Waals surface area contributed by atoms with Crippen molar-refractivity contribution in [3.05, 3.63) is 36.4 Å². The molecule has 2 N–H and O–H groups in total. The van der Waals surface area contributed by atoms with Crippen LogP contribution in [-0.4, -0.2) is 13.7 Å². The molecule has 0 amide bonds. The highest BCUT2D eigenvalue weighted by molar-refractivity contribution is 5.85. The summed E-state index contributed by atoms with van der Waals surface area (Å²) in [4.78, 5) is 0. The average Bonchev–Trinajstić information content (AvgIpc) is 2.36. The minimum Gasteiger partial charge on any atom is -0.493 e. The number of hydrogen-bond donors (Lipinski definition) is 1. The largest absolute Gasteiger partial charge is 0.493 e. The van der Waals surface area contributed by atoms with Crippen molar-refractivity contribution in [3.63, 3.8) is 0 Å². The minimum atomic E-state index is 0. The van der Waals surface area contributed by atoms with E-state index in [1.165, 1.54) is 0 Å². The molecule has 0 aliphatic heterocycles. The van der Waals surface area contributed by atoms with E-state index >= 15 is 0 Å². The predicted molar refractivity (Wildman–Crippen MR) is 77.8 cm³/mol. The third kappa shape index (κ3) is 4.59. The number of nitrogens with two attached hydrogens (primary N) is 1. The maximum Gasteiger partial charge on any atom is 0.161 e. The number of rotatable bonds is 7. The Labute approximate surface area is 115 Å². The maximum absolute atomic E-state index is 6.09. The smallest absolute Gasteiger partial charge is 0.161 e. The quantitative estimate of drug-likeness (QED) is 0.772. The van der Waals surface area contributed by atoms with Gasteiger partial charge >= 0.3 is 0 Å². The molecule has 0 aliphatic carbocycles. The van der Waals surface area contributed by atoms with Crippen LogP contribution in [0.3, 0.4) is 0 Å². The molecule has 1 aromatic carbocycles. The molecular formula is C14H22ClNO2. The zero-order valence-corrected chi connectivity index (χ0v) is 11.8. The van der Waals surface area contributed by atoms with Gasteiger partial charge in [0, 0.05) is 6.04 Å². The SMILES string of the molecule is C=CCC[C@H](N)c1ccc(OC)c(OCC)c1.Cl. The van der Waals surface area contributed by atoms with E-state index in [-0.39, 0.29) is 18.4 Å². The van der Waals surface area contributed by atoms with Crippen molar-refractivity contribution in [2.24, 2.45) is 5.73 Å². The van der Waals surface area contributed by atoms with Crippen LogP contribution in [0, 0.1) is 0 Å². The zero-order chi connectivity index (χ0) is 12.7. The molecule has 18 heavy (non-hydrogen) atoms. The van der Waals surface area contributed by atoms with Crippen LogP contribution in [-0.2, 0) is 0 Å². The van der Waals surface area contributed by atoms with Crippen molar-refractivity contribution in [1.29, 1.82) is 0 Å². The van der Waals surface area contributed by atoms with Crippen LogP contribution >= 0.6 is 12.4 Å². The van der Waals surface area contributed by atoms with Crippen LogP contribution in [0.25, 0.3) is 0 Å². The molecule has 1 rings (SSSR count). The van der Waals surface area contributed by atoms with Crippen LogP contribution in [0.1, 0.15) is 31.4 Å². The monoisotopic (exact) mass is 271 g/mol. The first kappa shape index (κ1) is 16.8. The van der Waals surface area contributed by atoms with Crippen molar-refractivity contribution in [2.75, 3.05) is 13.7 Å². The van der Waals surface area contributed by atoms with Gasteiger partial charge in [-0.15, -0.1) is 19.0 Å². The second-order valence-electron chi connectivity index (χ2n) is 3.82. The Morgan fingerprint density at radius 2 is 2.11 bits per heavy atom. The van der Waals surface area contributed by atoms with Gasteiger partial charge in [-0.1, -0.05) is 12.1 Å². The van der Waals surface area contributed by atoms with Gasteiger partial charge in [0.05, 0.1) is 13.7 Å². The molecule has 0 bridgehead atoms. The van der Waals surface area contributed by atoms with Gasteiger partial charge in [0.2, 0.25) is 0 Å². The van der Waals surface area contributed by atoms with Crippen molar-refractivity contribution < 1.29 is 9.47 Å². The Morgan fingerprint density at radius 1 is 1.39 bits per heavy atom. The molecule has 0 spiro atoms. The van der Waals surface area contributed by atoms with E-state index in [1.54, 1.807) is 7.11 Å². The van der Waals surface area contributed by atoms with E-state index in [0.29, 0.717) is 6.61 Å². The molecule has 0 aromatic heterocycles. The summed E-state index contributed by atoms with van der Waals surface area (Å²) in [5, 5.41) is 0. The van der Waals surface area contributed by atoms with Crippen LogP contribution < -0.4 is 15.2 Å². The van der Waals surface area contributed by atoms with E-state index in [2.05, 4.69) is 6.58 Å². The lowest BCUT2D eigenvalue weighted by Crippen LogP contribution is -2.10. The summed E-state index contributed by atoms with van der Waals surface area (Å²) in [5.74, 6) is 1.49. The highest BCUT2D eigenvalue weighted by Gasteiger charge is 2.10. The Balaban J connectivity index is 0.00000289. The first-order valence-electron chi connectivity index (χ1n) is 5.90. The fourth-order valence-electron chi connectivity index (χ4n) is 1.66. The average molecular weight is 272 g/mol. The Kier molecular flexibility index (Phi) is 8.25. The van der Waals surface area contributed by atoms with E-state index in [1.807, 2.05) is 31.2 Å². The van der Waals surface area contributed by atoms with E-state index in [9.17, 15) is 0 Å². The predicted octanol–water partition coefficient (Wildman–Crippen LogP) is 3.48. The van der Waals surface area contributed by atoms with Crippen molar-refractivity contribution >= 4 is 12.4 Å². The van der Waals surface area contributed by atoms with Crippen molar-refractivity contribution in [3.8, 4) is 11.5 Å². The van der Waals surface area contributed by atoms with Gasteiger partial charge in [-0.25, -0.2) is 0 Å². The number of halogens is 1. The van der Waals surface area contributed by atoms with Crippen molar-refractivity contribution in [2.45, 2.75) is 25.8 Å². The first-order chi connectivity index (χ1) is 8.22. The topological polar surface area (TPSA) is 44.5 Å². The number of hydrogen-bond acceptors (Lipinski definition) is 3. The Morgan fingerprint density at radius 3 is 2.67 bits per heavy atom. The summed E-state index contributed by atoms with van der Waals surface area (Å²) >= 11 is 0. The number of ether oxygens (including phenoxy) is 2. The standard InChI is InChI=1S/C14H21NO2.ClH/c1-4-6-7-12(15)11-8-9-13(16-3)14(10-11)17-5-2;/h4,8-10,12H,1,5-7,15H2,2-3H3;1H/t12-;/m0./s1. The highest BCUT2D eigenvalue weighted by atomic mass is 35.5. The van der Waals surface area contributed by atoms with Crippen LogP contribution in [0.15, 0.2) is 30.9 Å². The third-order valence-corrected chi connectivity index (χ3v) is 2.60. The molecular weight excluding hydrogens is 250 g/mol. The maximum atomic E-state index is 6.09. The third-order valence-electron chi connectivity index (χ3n) is 2.60. The second kappa shape index (κ2) is 8.84. The van der Waals surface area contributed by atoms with Crippen LogP contribution in [0.5, 0.6) is 11.5 Å². The first-order valence-corrected chi connectivity index (χ1v) is 5.90. The highest BCUT2D eigenvalue weighted by Crippen LogP contribution is 2.30. The fourth-order valence-corrected chi connectivity index (χ4v) is 1.66. The molecule has 0 radical (unpaired) electrons. The molecule has 1 atom stereocenters. The fraction of sp³-hybridized carbons (Fsp3) is 0.429. The summed E-state index contributed by atoms with van der Waals surface area (Å²) in [6.45, 7) is 6.26. The van der Waals surface area contributed by atoms with Gasteiger partial charge in [0.15, 0.2) is 11.5 Å². The van der Waals surface area contributed by atoms with Gasteiger partial charge in [0.25, 0.3) is 0 Å². The molecule has 0 heterocycles. The molecule has 0 aliphatic rings. The summed E-state index contributed by atoms with van der Waals surface area (Å²) in [7, 11) is 1.63. The molecule has 4 heteroatoms. The normalized spacial score (nSPS) is 11.3. The van der Waals surface area contributed by atoms with Gasteiger partial charge in [0.1, 0.15) is 0 Å². The van der Waals surface area contributed by atoms with Gasteiger partial charge in [-0.05, 0) is 37.5 Å². The molecule has 3 nitrogen and oxygen atoms in total. The number of benzene rings is 1. The summed E-state index contributed by atoms with van der Waals surface area (Å²) in [5.41, 5.74) is 7.16. The Hall–Kier alpha value is -1.19. The van der Waals surface area contributed by atoms with Gasteiger partial charge < -0.3 is 15.2 Å². The molecule has 0 fully saturated rings. The molecule has 0 saturated carbocycles. The molecule has 1 aromatic rings. The van der Waals surface area contributed by atoms with Gasteiger partial charge in [-0.2, -0.15) is 0 Å². The zero-order valence-electron chi connectivity index (χ0n) is 11.0. The van der Waals surface area contributed by atoms with Gasteiger partial charge in [-0.3, -0.25) is 0 Å². The minimum absolute atomic E-state index is 0. The number of methoxy groups -OCH3 is 1. The molecule has 102 valence electrons. The van der Waals surface area contributed by atoms with E-state index in [0.717, 1.165) is 29.9 Å². The molecule has 0 unspecified atom stereocenters. The van der Waals surface area contributed by atoms with E-state index in [4.69, 9.17) is 15.2 Å². The lowest BCUT2D eigenvalue weighted by Gasteiger charge is -2.15.